The molecule has 2 aromatic rings. The van der Waals surface area contributed by atoms with Crippen molar-refractivity contribution in [2.75, 3.05) is 6.54 Å². The molecule has 0 unspecified atom stereocenters. The molecule has 1 N–H and O–H groups in total. The Morgan fingerprint density at radius 3 is 2.83 bits per heavy atom. The van der Waals surface area contributed by atoms with Gasteiger partial charge in [-0.2, -0.15) is 5.10 Å². The fourth-order valence-electron chi connectivity index (χ4n) is 1.81. The van der Waals surface area contributed by atoms with Crippen LogP contribution in [0.1, 0.15) is 25.2 Å². The molecule has 0 saturated carbocycles. The summed E-state index contributed by atoms with van der Waals surface area (Å²) >= 11 is 0. The molecule has 0 aliphatic heterocycles. The van der Waals surface area contributed by atoms with Gasteiger partial charge in [-0.15, -0.1) is 0 Å². The first-order chi connectivity index (χ1) is 8.63. The van der Waals surface area contributed by atoms with Crippen molar-refractivity contribution in [1.29, 1.82) is 0 Å². The minimum absolute atomic E-state index is 0.667. The van der Waals surface area contributed by atoms with E-state index in [0.717, 1.165) is 31.0 Å². The second-order valence-corrected chi connectivity index (χ2v) is 5.04. The van der Waals surface area contributed by atoms with Crippen LogP contribution in [0.3, 0.4) is 0 Å². The predicted molar refractivity (Wildman–Crippen MR) is 71.1 cm³/mol. The summed E-state index contributed by atoms with van der Waals surface area (Å²) in [5.41, 5.74) is 2.13. The first kappa shape index (κ1) is 12.8. The molecule has 5 heteroatoms. The van der Waals surface area contributed by atoms with Crippen LogP contribution in [0, 0.1) is 5.92 Å². The summed E-state index contributed by atoms with van der Waals surface area (Å²) in [6.45, 7) is 7.03. The molecular weight excluding hydrogens is 226 g/mol. The summed E-state index contributed by atoms with van der Waals surface area (Å²) in [4.78, 5) is 4.38. The topological polar surface area (TPSA) is 47.7 Å². The number of aryl methyl sites for hydroxylation is 1. The molecule has 0 aromatic carbocycles. The summed E-state index contributed by atoms with van der Waals surface area (Å²) in [7, 11) is 1.93. The van der Waals surface area contributed by atoms with Crippen molar-refractivity contribution in [3.63, 3.8) is 0 Å². The minimum Gasteiger partial charge on any atom is -0.331 e. The number of imidazole rings is 1. The largest absolute Gasteiger partial charge is 0.331 e. The molecule has 5 nitrogen and oxygen atoms in total. The van der Waals surface area contributed by atoms with Crippen LogP contribution in [0.2, 0.25) is 0 Å². The Hall–Kier alpha value is -1.62. The van der Waals surface area contributed by atoms with Crippen LogP contribution in [0.4, 0.5) is 0 Å². The van der Waals surface area contributed by atoms with E-state index in [2.05, 4.69) is 40.0 Å². The third-order valence-electron chi connectivity index (χ3n) is 2.66. The third-order valence-corrected chi connectivity index (χ3v) is 2.66. The van der Waals surface area contributed by atoms with Crippen LogP contribution < -0.4 is 5.32 Å². The Labute approximate surface area is 108 Å². The first-order valence-electron chi connectivity index (χ1n) is 6.33. The van der Waals surface area contributed by atoms with Crippen molar-refractivity contribution in [2.45, 2.75) is 26.9 Å². The second-order valence-electron chi connectivity index (χ2n) is 5.04. The SMILES string of the molecule is CC(C)CNCc1cn(Cc2ccn(C)n2)cn1. The monoisotopic (exact) mass is 247 g/mol. The van der Waals surface area contributed by atoms with Gasteiger partial charge in [-0.05, 0) is 18.5 Å². The van der Waals surface area contributed by atoms with Crippen LogP contribution in [-0.4, -0.2) is 25.9 Å². The summed E-state index contributed by atoms with van der Waals surface area (Å²) in [6, 6.07) is 2.02. The van der Waals surface area contributed by atoms with Gasteiger partial charge >= 0.3 is 0 Å². The van der Waals surface area contributed by atoms with Crippen LogP contribution in [0.5, 0.6) is 0 Å². The van der Waals surface area contributed by atoms with Gasteiger partial charge in [0.1, 0.15) is 0 Å². The van der Waals surface area contributed by atoms with E-state index in [1.807, 2.05) is 30.3 Å². The van der Waals surface area contributed by atoms with Crippen molar-refractivity contribution >= 4 is 0 Å². The quantitative estimate of drug-likeness (QED) is 0.839. The van der Waals surface area contributed by atoms with Gasteiger partial charge in [0, 0.05) is 26.0 Å². The van der Waals surface area contributed by atoms with Gasteiger partial charge in [0.05, 0.1) is 24.3 Å². The highest BCUT2D eigenvalue weighted by atomic mass is 15.3. The highest BCUT2D eigenvalue weighted by molar-refractivity contribution is 5.03. The van der Waals surface area contributed by atoms with E-state index in [1.165, 1.54) is 0 Å². The number of hydrogen-bond donors (Lipinski definition) is 1. The van der Waals surface area contributed by atoms with E-state index in [1.54, 1.807) is 0 Å². The number of aromatic nitrogens is 4. The third kappa shape index (κ3) is 3.70. The van der Waals surface area contributed by atoms with E-state index in [-0.39, 0.29) is 0 Å². The lowest BCUT2D eigenvalue weighted by molar-refractivity contribution is 0.548. The van der Waals surface area contributed by atoms with Crippen LogP contribution in [-0.2, 0) is 20.1 Å². The lowest BCUT2D eigenvalue weighted by atomic mass is 10.2. The highest BCUT2D eigenvalue weighted by Crippen LogP contribution is 2.02. The summed E-state index contributed by atoms with van der Waals surface area (Å²) in [5.74, 6) is 0.667. The normalized spacial score (nSPS) is 11.3. The molecule has 0 radical (unpaired) electrons. The zero-order valence-electron chi connectivity index (χ0n) is 11.3. The zero-order valence-corrected chi connectivity index (χ0v) is 11.3. The van der Waals surface area contributed by atoms with Gasteiger partial charge in [0.15, 0.2) is 0 Å². The fraction of sp³-hybridized carbons (Fsp3) is 0.538. The molecule has 0 aliphatic rings. The molecular formula is C13H21N5. The molecule has 0 atom stereocenters. The van der Waals surface area contributed by atoms with Crippen LogP contribution in [0.25, 0.3) is 0 Å². The molecule has 2 heterocycles. The van der Waals surface area contributed by atoms with Gasteiger partial charge < -0.3 is 9.88 Å². The summed E-state index contributed by atoms with van der Waals surface area (Å²) in [5, 5.41) is 7.74. The van der Waals surface area contributed by atoms with E-state index < -0.39 is 0 Å². The van der Waals surface area contributed by atoms with Crippen molar-refractivity contribution in [2.24, 2.45) is 13.0 Å². The van der Waals surface area contributed by atoms with Gasteiger partial charge in [-0.1, -0.05) is 13.8 Å². The number of hydrogen-bond acceptors (Lipinski definition) is 3. The summed E-state index contributed by atoms with van der Waals surface area (Å²) in [6.07, 6.45) is 5.89. The molecule has 0 bridgehead atoms. The zero-order chi connectivity index (χ0) is 13.0. The van der Waals surface area contributed by atoms with Crippen LogP contribution in [0.15, 0.2) is 24.8 Å². The van der Waals surface area contributed by atoms with Gasteiger partial charge in [0.2, 0.25) is 0 Å². The molecule has 0 aliphatic carbocycles. The van der Waals surface area contributed by atoms with Gasteiger partial charge in [-0.25, -0.2) is 4.98 Å². The maximum absolute atomic E-state index is 4.38. The highest BCUT2D eigenvalue weighted by Gasteiger charge is 2.02. The molecule has 0 amide bonds. The van der Waals surface area contributed by atoms with Crippen molar-refractivity contribution in [3.05, 3.63) is 36.2 Å². The van der Waals surface area contributed by atoms with Crippen molar-refractivity contribution in [1.82, 2.24) is 24.6 Å². The van der Waals surface area contributed by atoms with E-state index in [0.29, 0.717) is 5.92 Å². The molecule has 0 saturated heterocycles. The number of rotatable bonds is 6. The molecule has 0 spiro atoms. The maximum Gasteiger partial charge on any atom is 0.0953 e. The first-order valence-corrected chi connectivity index (χ1v) is 6.33. The standard InChI is InChI=1S/C13H21N5/c1-11(2)6-14-7-13-9-18(10-15-13)8-12-4-5-17(3)16-12/h4-5,9-11,14H,6-8H2,1-3H3. The number of nitrogens with zero attached hydrogens (tertiary/aromatic N) is 4. The molecule has 98 valence electrons. The fourth-order valence-corrected chi connectivity index (χ4v) is 1.81. The van der Waals surface area contributed by atoms with E-state index >= 15 is 0 Å². The minimum atomic E-state index is 0.667. The lowest BCUT2D eigenvalue weighted by Gasteiger charge is -2.04. The molecule has 18 heavy (non-hydrogen) atoms. The maximum atomic E-state index is 4.38. The smallest absolute Gasteiger partial charge is 0.0953 e. The Morgan fingerprint density at radius 2 is 2.17 bits per heavy atom. The van der Waals surface area contributed by atoms with E-state index in [4.69, 9.17) is 0 Å². The predicted octanol–water partition coefficient (Wildman–Crippen LogP) is 1.41. The Bertz CT molecular complexity index is 483. The second kappa shape index (κ2) is 5.82. The van der Waals surface area contributed by atoms with E-state index in [9.17, 15) is 0 Å². The van der Waals surface area contributed by atoms with Crippen molar-refractivity contribution < 1.29 is 0 Å². The Kier molecular flexibility index (Phi) is 4.15. The molecule has 2 aromatic heterocycles. The Balaban J connectivity index is 1.86. The molecule has 2 rings (SSSR count). The average molecular weight is 247 g/mol. The van der Waals surface area contributed by atoms with Crippen LogP contribution >= 0.6 is 0 Å². The lowest BCUT2D eigenvalue weighted by Crippen LogP contribution is -2.19. The number of nitrogens with one attached hydrogen (secondary N) is 1. The summed E-state index contributed by atoms with van der Waals surface area (Å²) < 4.78 is 3.88. The molecule has 0 fully saturated rings. The average Bonchev–Trinajstić information content (AvgIpc) is 2.89. The van der Waals surface area contributed by atoms with Gasteiger partial charge in [-0.3, -0.25) is 4.68 Å². The Morgan fingerprint density at radius 1 is 1.33 bits per heavy atom. The van der Waals surface area contributed by atoms with Gasteiger partial charge in [0.25, 0.3) is 0 Å². The van der Waals surface area contributed by atoms with Crippen molar-refractivity contribution in [3.8, 4) is 0 Å².